The third-order valence-electron chi connectivity index (χ3n) is 2.21. The Morgan fingerprint density at radius 1 is 1.47 bits per heavy atom. The maximum atomic E-state index is 11.6. The van der Waals surface area contributed by atoms with Crippen molar-refractivity contribution in [2.75, 3.05) is 12.9 Å². The lowest BCUT2D eigenvalue weighted by molar-refractivity contribution is -0.147. The van der Waals surface area contributed by atoms with Gasteiger partial charge < -0.3 is 4.74 Å². The van der Waals surface area contributed by atoms with Crippen LogP contribution in [0.15, 0.2) is 29.2 Å². The van der Waals surface area contributed by atoms with Crippen molar-refractivity contribution in [3.05, 3.63) is 29.3 Å². The van der Waals surface area contributed by atoms with Gasteiger partial charge in [-0.15, -0.1) is 11.8 Å². The van der Waals surface area contributed by atoms with Crippen molar-refractivity contribution >= 4 is 35.1 Å². The third kappa shape index (κ3) is 4.40. The molecule has 0 saturated carbocycles. The molecule has 0 spiro atoms. The third-order valence-corrected chi connectivity index (χ3v) is 3.47. The van der Waals surface area contributed by atoms with Gasteiger partial charge in [0, 0.05) is 9.92 Å². The molecule has 1 aromatic rings. The van der Waals surface area contributed by atoms with Gasteiger partial charge in [0.15, 0.2) is 5.78 Å². The number of rotatable bonds is 5. The predicted octanol–water partition coefficient (Wildman–Crippen LogP) is 2.81. The first-order valence-corrected chi connectivity index (χ1v) is 6.40. The Morgan fingerprint density at radius 3 is 2.76 bits per heavy atom. The van der Waals surface area contributed by atoms with Crippen molar-refractivity contribution in [3.63, 3.8) is 0 Å². The lowest BCUT2D eigenvalue weighted by atomic mass is 10.1. The van der Waals surface area contributed by atoms with Gasteiger partial charge in [-0.3, -0.25) is 9.59 Å². The zero-order valence-electron chi connectivity index (χ0n) is 9.60. The van der Waals surface area contributed by atoms with Gasteiger partial charge in [0.2, 0.25) is 0 Å². The lowest BCUT2D eigenvalue weighted by Crippen LogP contribution is -2.23. The highest BCUT2D eigenvalue weighted by Crippen LogP contribution is 2.22. The first kappa shape index (κ1) is 14.1. The van der Waals surface area contributed by atoms with Crippen molar-refractivity contribution in [1.29, 1.82) is 0 Å². The van der Waals surface area contributed by atoms with Gasteiger partial charge in [-0.25, -0.2) is 0 Å². The number of Topliss-reactive ketones (excluding diaryl/α,β-unsaturated/α-hetero) is 1. The van der Waals surface area contributed by atoms with E-state index >= 15 is 0 Å². The average molecular weight is 273 g/mol. The minimum absolute atomic E-state index is 0.151. The van der Waals surface area contributed by atoms with Crippen LogP contribution in [0.25, 0.3) is 0 Å². The fraction of sp³-hybridized carbons (Fsp3) is 0.333. The minimum atomic E-state index is -0.716. The van der Waals surface area contributed by atoms with Gasteiger partial charge in [0.1, 0.15) is 5.92 Å². The second-order valence-corrected chi connectivity index (χ2v) is 4.94. The summed E-state index contributed by atoms with van der Waals surface area (Å²) in [7, 11) is 1.27. The number of ketones is 1. The Morgan fingerprint density at radius 2 is 2.18 bits per heavy atom. The van der Waals surface area contributed by atoms with Crippen LogP contribution in [0.5, 0.6) is 0 Å². The van der Waals surface area contributed by atoms with Crippen LogP contribution < -0.4 is 0 Å². The summed E-state index contributed by atoms with van der Waals surface area (Å²) in [5, 5.41) is 0.628. The predicted molar refractivity (Wildman–Crippen MR) is 68.4 cm³/mol. The summed E-state index contributed by atoms with van der Waals surface area (Å²) in [4.78, 5) is 23.7. The quantitative estimate of drug-likeness (QED) is 0.470. The molecule has 0 aliphatic heterocycles. The van der Waals surface area contributed by atoms with Crippen LogP contribution in [0.2, 0.25) is 5.02 Å². The SMILES string of the molecule is COC(=O)C(C)C(=O)CSc1cccc(Cl)c1. The van der Waals surface area contributed by atoms with E-state index in [4.69, 9.17) is 11.6 Å². The maximum Gasteiger partial charge on any atom is 0.315 e. The van der Waals surface area contributed by atoms with Crippen molar-refractivity contribution in [1.82, 2.24) is 0 Å². The molecule has 0 heterocycles. The summed E-state index contributed by atoms with van der Waals surface area (Å²) in [6.07, 6.45) is 0. The van der Waals surface area contributed by atoms with Crippen LogP contribution in [0.3, 0.4) is 0 Å². The second kappa shape index (κ2) is 6.67. The van der Waals surface area contributed by atoms with Crippen LogP contribution in [0, 0.1) is 5.92 Å². The summed E-state index contributed by atoms with van der Waals surface area (Å²) in [5.41, 5.74) is 0. The van der Waals surface area contributed by atoms with Crippen LogP contribution in [0.1, 0.15) is 6.92 Å². The van der Waals surface area contributed by atoms with Crippen molar-refractivity contribution < 1.29 is 14.3 Å². The number of carbonyl (C=O) groups is 2. The fourth-order valence-electron chi connectivity index (χ4n) is 1.14. The van der Waals surface area contributed by atoms with E-state index in [0.717, 1.165) is 4.90 Å². The Hall–Kier alpha value is -1.00. The smallest absolute Gasteiger partial charge is 0.315 e. The Bertz CT molecular complexity index is 420. The topological polar surface area (TPSA) is 43.4 Å². The summed E-state index contributed by atoms with van der Waals surface area (Å²) in [6, 6.07) is 7.23. The van der Waals surface area contributed by atoms with E-state index in [-0.39, 0.29) is 11.5 Å². The van der Waals surface area contributed by atoms with E-state index in [1.807, 2.05) is 12.1 Å². The summed E-state index contributed by atoms with van der Waals surface area (Å²) >= 11 is 7.18. The number of hydrogen-bond acceptors (Lipinski definition) is 4. The number of halogens is 1. The second-order valence-electron chi connectivity index (χ2n) is 3.46. The number of esters is 1. The molecule has 0 bridgehead atoms. The first-order chi connectivity index (χ1) is 8.04. The molecule has 0 radical (unpaired) electrons. The molecule has 5 heteroatoms. The van der Waals surface area contributed by atoms with Gasteiger partial charge >= 0.3 is 5.97 Å². The molecule has 1 unspecified atom stereocenters. The molecule has 0 saturated heterocycles. The molecule has 0 aliphatic carbocycles. The molecule has 1 rings (SSSR count). The Labute approximate surface area is 109 Å². The molecule has 92 valence electrons. The van der Waals surface area contributed by atoms with Crippen LogP contribution in [0.4, 0.5) is 0 Å². The monoisotopic (exact) mass is 272 g/mol. The molecular formula is C12H13ClO3S. The zero-order chi connectivity index (χ0) is 12.8. The standard InChI is InChI=1S/C12H13ClO3S/c1-8(12(15)16-2)11(14)7-17-10-5-3-4-9(13)6-10/h3-6,8H,7H2,1-2H3. The zero-order valence-corrected chi connectivity index (χ0v) is 11.2. The molecule has 0 amide bonds. The van der Waals surface area contributed by atoms with E-state index in [1.54, 1.807) is 19.1 Å². The highest BCUT2D eigenvalue weighted by Gasteiger charge is 2.21. The normalized spacial score (nSPS) is 11.9. The minimum Gasteiger partial charge on any atom is -0.468 e. The van der Waals surface area contributed by atoms with E-state index in [1.165, 1.54) is 18.9 Å². The Kier molecular flexibility index (Phi) is 5.51. The largest absolute Gasteiger partial charge is 0.468 e. The maximum absolute atomic E-state index is 11.6. The number of ether oxygens (including phenoxy) is 1. The van der Waals surface area contributed by atoms with Crippen LogP contribution in [-0.2, 0) is 14.3 Å². The van der Waals surface area contributed by atoms with E-state index in [9.17, 15) is 9.59 Å². The molecule has 1 aromatic carbocycles. The fourth-order valence-corrected chi connectivity index (χ4v) is 2.34. The number of hydrogen-bond donors (Lipinski definition) is 0. The summed E-state index contributed by atoms with van der Waals surface area (Å²) in [5.74, 6) is -1.13. The first-order valence-electron chi connectivity index (χ1n) is 5.03. The highest BCUT2D eigenvalue weighted by atomic mass is 35.5. The van der Waals surface area contributed by atoms with Gasteiger partial charge in [-0.05, 0) is 25.1 Å². The number of carbonyl (C=O) groups excluding carboxylic acids is 2. The van der Waals surface area contributed by atoms with Gasteiger partial charge in [0.25, 0.3) is 0 Å². The van der Waals surface area contributed by atoms with Gasteiger partial charge in [-0.2, -0.15) is 0 Å². The molecule has 0 N–H and O–H groups in total. The van der Waals surface area contributed by atoms with Crippen molar-refractivity contribution in [2.45, 2.75) is 11.8 Å². The number of methoxy groups -OCH3 is 1. The van der Waals surface area contributed by atoms with Gasteiger partial charge in [0.05, 0.1) is 12.9 Å². The Balaban J connectivity index is 2.51. The molecule has 0 aliphatic rings. The molecule has 0 aromatic heterocycles. The van der Waals surface area contributed by atoms with E-state index in [0.29, 0.717) is 5.02 Å². The van der Waals surface area contributed by atoms with Crippen molar-refractivity contribution in [3.8, 4) is 0 Å². The average Bonchev–Trinajstić information content (AvgIpc) is 2.34. The molecule has 17 heavy (non-hydrogen) atoms. The number of thioether (sulfide) groups is 1. The van der Waals surface area contributed by atoms with Crippen LogP contribution >= 0.6 is 23.4 Å². The van der Waals surface area contributed by atoms with Gasteiger partial charge in [-0.1, -0.05) is 17.7 Å². The van der Waals surface area contributed by atoms with E-state index in [2.05, 4.69) is 4.74 Å². The van der Waals surface area contributed by atoms with Crippen molar-refractivity contribution in [2.24, 2.45) is 5.92 Å². The lowest BCUT2D eigenvalue weighted by Gasteiger charge is -2.07. The molecule has 1 atom stereocenters. The van der Waals surface area contributed by atoms with Crippen LogP contribution in [-0.4, -0.2) is 24.6 Å². The molecule has 3 nitrogen and oxygen atoms in total. The van der Waals surface area contributed by atoms with E-state index < -0.39 is 11.9 Å². The summed E-state index contributed by atoms with van der Waals surface area (Å²) < 4.78 is 4.51. The summed E-state index contributed by atoms with van der Waals surface area (Å²) in [6.45, 7) is 1.55. The number of benzene rings is 1. The molecular weight excluding hydrogens is 260 g/mol. The highest BCUT2D eigenvalue weighted by molar-refractivity contribution is 8.00. The molecule has 0 fully saturated rings.